The van der Waals surface area contributed by atoms with Crippen molar-refractivity contribution in [3.63, 3.8) is 0 Å². The predicted molar refractivity (Wildman–Crippen MR) is 87.9 cm³/mol. The van der Waals surface area contributed by atoms with E-state index in [-0.39, 0.29) is 6.61 Å². The molecule has 0 aromatic heterocycles. The van der Waals surface area contributed by atoms with E-state index in [0.717, 1.165) is 5.56 Å². The minimum atomic E-state index is -0.741. The highest BCUT2D eigenvalue weighted by molar-refractivity contribution is 9.10. The molecule has 2 N–H and O–H groups in total. The summed E-state index contributed by atoms with van der Waals surface area (Å²) in [7, 11) is 1.53. The quantitative estimate of drug-likeness (QED) is 0.801. The first kappa shape index (κ1) is 16.8. The van der Waals surface area contributed by atoms with Crippen LogP contribution in [0.3, 0.4) is 0 Å². The highest BCUT2D eigenvalue weighted by atomic mass is 79.9. The third-order valence-electron chi connectivity index (χ3n) is 2.90. The molecule has 0 radical (unpaired) electrons. The van der Waals surface area contributed by atoms with Gasteiger partial charge in [0.25, 0.3) is 5.91 Å². The zero-order valence-electron chi connectivity index (χ0n) is 12.3. The number of amides is 2. The molecule has 2 aromatic carbocycles. The second kappa shape index (κ2) is 8.19. The van der Waals surface area contributed by atoms with Crippen LogP contribution in [0.4, 0.5) is 4.79 Å². The van der Waals surface area contributed by atoms with E-state index in [0.29, 0.717) is 15.8 Å². The average Bonchev–Trinajstić information content (AvgIpc) is 2.58. The molecule has 23 heavy (non-hydrogen) atoms. The van der Waals surface area contributed by atoms with Gasteiger partial charge in [0.05, 0.1) is 11.6 Å². The number of halogens is 1. The second-order valence-corrected chi connectivity index (χ2v) is 5.34. The van der Waals surface area contributed by atoms with E-state index in [1.54, 1.807) is 18.2 Å². The SMILES string of the molecule is COc1ccc(C(=O)NNC(=O)OCc2ccccc2)cc1Br. The Morgan fingerprint density at radius 2 is 1.83 bits per heavy atom. The van der Waals surface area contributed by atoms with Crippen molar-refractivity contribution in [2.24, 2.45) is 0 Å². The van der Waals surface area contributed by atoms with Crippen LogP contribution in [-0.4, -0.2) is 19.1 Å². The molecule has 7 heteroatoms. The van der Waals surface area contributed by atoms with Crippen LogP contribution < -0.4 is 15.6 Å². The molecule has 0 spiro atoms. The van der Waals surface area contributed by atoms with Crippen molar-refractivity contribution in [3.8, 4) is 5.75 Å². The maximum absolute atomic E-state index is 11.9. The van der Waals surface area contributed by atoms with Gasteiger partial charge in [0.15, 0.2) is 0 Å². The third-order valence-corrected chi connectivity index (χ3v) is 3.52. The number of ether oxygens (including phenoxy) is 2. The van der Waals surface area contributed by atoms with E-state index in [4.69, 9.17) is 9.47 Å². The van der Waals surface area contributed by atoms with Crippen LogP contribution in [0.25, 0.3) is 0 Å². The monoisotopic (exact) mass is 378 g/mol. The van der Waals surface area contributed by atoms with Crippen LogP contribution in [0, 0.1) is 0 Å². The van der Waals surface area contributed by atoms with Crippen molar-refractivity contribution in [1.82, 2.24) is 10.9 Å². The van der Waals surface area contributed by atoms with Gasteiger partial charge in [-0.05, 0) is 39.7 Å². The van der Waals surface area contributed by atoms with E-state index < -0.39 is 12.0 Å². The van der Waals surface area contributed by atoms with Crippen molar-refractivity contribution < 1.29 is 19.1 Å². The van der Waals surface area contributed by atoms with E-state index in [1.807, 2.05) is 30.3 Å². The smallest absolute Gasteiger partial charge is 0.426 e. The fourth-order valence-electron chi connectivity index (χ4n) is 1.75. The molecule has 120 valence electrons. The molecule has 0 aliphatic carbocycles. The van der Waals surface area contributed by atoms with Gasteiger partial charge in [-0.15, -0.1) is 0 Å². The maximum atomic E-state index is 11.9. The zero-order chi connectivity index (χ0) is 16.7. The molecular formula is C16H15BrN2O4. The Labute approximate surface area is 141 Å². The fourth-order valence-corrected chi connectivity index (χ4v) is 2.29. The summed E-state index contributed by atoms with van der Waals surface area (Å²) in [4.78, 5) is 23.5. The third kappa shape index (κ3) is 5.00. The zero-order valence-corrected chi connectivity index (χ0v) is 13.9. The fraction of sp³-hybridized carbons (Fsp3) is 0.125. The Morgan fingerprint density at radius 3 is 2.48 bits per heavy atom. The summed E-state index contributed by atoms with van der Waals surface area (Å²) >= 11 is 3.29. The Balaban J connectivity index is 1.81. The molecule has 2 aromatic rings. The van der Waals surface area contributed by atoms with Crippen molar-refractivity contribution >= 4 is 27.9 Å². The Bertz CT molecular complexity index is 692. The van der Waals surface area contributed by atoms with Crippen LogP contribution in [0.1, 0.15) is 15.9 Å². The van der Waals surface area contributed by atoms with Gasteiger partial charge in [0.1, 0.15) is 12.4 Å². The Hall–Kier alpha value is -2.54. The second-order valence-electron chi connectivity index (χ2n) is 4.49. The van der Waals surface area contributed by atoms with Crippen LogP contribution >= 0.6 is 15.9 Å². The van der Waals surface area contributed by atoms with Crippen molar-refractivity contribution in [3.05, 3.63) is 64.1 Å². The minimum absolute atomic E-state index is 0.122. The lowest BCUT2D eigenvalue weighted by Gasteiger charge is -2.09. The Kier molecular flexibility index (Phi) is 5.99. The van der Waals surface area contributed by atoms with Gasteiger partial charge in [-0.2, -0.15) is 0 Å². The van der Waals surface area contributed by atoms with Crippen molar-refractivity contribution in [2.45, 2.75) is 6.61 Å². The van der Waals surface area contributed by atoms with Gasteiger partial charge in [-0.3, -0.25) is 10.2 Å². The molecule has 0 unspecified atom stereocenters. The minimum Gasteiger partial charge on any atom is -0.496 e. The van der Waals surface area contributed by atoms with Gasteiger partial charge in [0, 0.05) is 5.56 Å². The number of methoxy groups -OCH3 is 1. The van der Waals surface area contributed by atoms with Gasteiger partial charge in [-0.1, -0.05) is 30.3 Å². The molecule has 0 aliphatic heterocycles. The lowest BCUT2D eigenvalue weighted by molar-refractivity contribution is 0.0905. The Morgan fingerprint density at radius 1 is 1.09 bits per heavy atom. The van der Waals surface area contributed by atoms with E-state index in [2.05, 4.69) is 26.8 Å². The number of hydrogen-bond donors (Lipinski definition) is 2. The summed E-state index contributed by atoms with van der Waals surface area (Å²) in [6, 6.07) is 14.0. The number of benzene rings is 2. The van der Waals surface area contributed by atoms with Crippen LogP contribution in [0.15, 0.2) is 53.0 Å². The lowest BCUT2D eigenvalue weighted by atomic mass is 10.2. The highest BCUT2D eigenvalue weighted by Crippen LogP contribution is 2.25. The number of hydrogen-bond acceptors (Lipinski definition) is 4. The number of carbonyl (C=O) groups excluding carboxylic acids is 2. The molecule has 2 amide bonds. The molecule has 0 bridgehead atoms. The molecule has 0 saturated heterocycles. The lowest BCUT2D eigenvalue weighted by Crippen LogP contribution is -2.41. The molecule has 0 heterocycles. The summed E-state index contributed by atoms with van der Waals surface area (Å²) in [6.07, 6.45) is -0.741. The van der Waals surface area contributed by atoms with Crippen LogP contribution in [0.5, 0.6) is 5.75 Å². The molecule has 0 fully saturated rings. The van der Waals surface area contributed by atoms with Gasteiger partial charge in [-0.25, -0.2) is 10.2 Å². The number of hydrazine groups is 1. The number of nitrogens with one attached hydrogen (secondary N) is 2. The van der Waals surface area contributed by atoms with Crippen molar-refractivity contribution in [1.29, 1.82) is 0 Å². The predicted octanol–water partition coefficient (Wildman–Crippen LogP) is 3.03. The summed E-state index contributed by atoms with van der Waals surface area (Å²) in [5, 5.41) is 0. The summed E-state index contributed by atoms with van der Waals surface area (Å²) in [6.45, 7) is 0.122. The summed E-state index contributed by atoms with van der Waals surface area (Å²) in [5.41, 5.74) is 5.68. The molecule has 6 nitrogen and oxygen atoms in total. The largest absolute Gasteiger partial charge is 0.496 e. The molecule has 0 saturated carbocycles. The van der Waals surface area contributed by atoms with E-state index in [9.17, 15) is 9.59 Å². The van der Waals surface area contributed by atoms with Gasteiger partial charge in [0.2, 0.25) is 0 Å². The normalized spacial score (nSPS) is 9.83. The van der Waals surface area contributed by atoms with E-state index >= 15 is 0 Å². The first-order valence-corrected chi connectivity index (χ1v) is 7.50. The average molecular weight is 379 g/mol. The molecule has 2 rings (SSSR count). The topological polar surface area (TPSA) is 76.7 Å². The first-order chi connectivity index (χ1) is 11.1. The summed E-state index contributed by atoms with van der Waals surface area (Å²) in [5.74, 6) is 0.141. The molecular weight excluding hydrogens is 364 g/mol. The highest BCUT2D eigenvalue weighted by Gasteiger charge is 2.10. The van der Waals surface area contributed by atoms with E-state index in [1.165, 1.54) is 7.11 Å². The van der Waals surface area contributed by atoms with Crippen LogP contribution in [-0.2, 0) is 11.3 Å². The molecule has 0 aliphatic rings. The van der Waals surface area contributed by atoms with Gasteiger partial charge >= 0.3 is 6.09 Å². The first-order valence-electron chi connectivity index (χ1n) is 6.70. The van der Waals surface area contributed by atoms with Crippen molar-refractivity contribution in [2.75, 3.05) is 7.11 Å². The maximum Gasteiger partial charge on any atom is 0.426 e. The standard InChI is InChI=1S/C16H15BrN2O4/c1-22-14-8-7-12(9-13(14)17)15(20)18-19-16(21)23-10-11-5-3-2-4-6-11/h2-9H,10H2,1H3,(H,18,20)(H,19,21). The number of rotatable bonds is 4. The summed E-state index contributed by atoms with van der Waals surface area (Å²) < 4.78 is 10.7. The van der Waals surface area contributed by atoms with Crippen LogP contribution in [0.2, 0.25) is 0 Å². The molecule has 0 atom stereocenters. The number of carbonyl (C=O) groups is 2. The van der Waals surface area contributed by atoms with Gasteiger partial charge < -0.3 is 9.47 Å².